The van der Waals surface area contributed by atoms with Crippen molar-refractivity contribution in [1.82, 2.24) is 19.8 Å². The molecule has 1 aromatic heterocycles. The Morgan fingerprint density at radius 2 is 2.04 bits per heavy atom. The van der Waals surface area contributed by atoms with Crippen LogP contribution in [0.2, 0.25) is 0 Å². The number of benzene rings is 1. The van der Waals surface area contributed by atoms with Crippen molar-refractivity contribution in [2.45, 2.75) is 18.8 Å². The Morgan fingerprint density at radius 3 is 2.75 bits per heavy atom. The van der Waals surface area contributed by atoms with Crippen molar-refractivity contribution in [3.05, 3.63) is 30.1 Å². The number of imidazole rings is 1. The predicted molar refractivity (Wildman–Crippen MR) is 94.1 cm³/mol. The molecule has 2 aliphatic rings. The molecule has 0 aliphatic carbocycles. The molecule has 7 heteroatoms. The minimum atomic E-state index is 0.0283. The lowest BCUT2D eigenvalue weighted by Crippen LogP contribution is -2.44. The van der Waals surface area contributed by atoms with Crippen molar-refractivity contribution >= 4 is 33.9 Å². The van der Waals surface area contributed by atoms with Crippen LogP contribution in [0.4, 0.5) is 4.79 Å². The number of thioether (sulfide) groups is 1. The minimum Gasteiger partial charge on any atom is -0.342 e. The summed E-state index contributed by atoms with van der Waals surface area (Å²) >= 11 is 1.30. The summed E-state index contributed by atoms with van der Waals surface area (Å²) in [6.45, 7) is 2.37. The molecule has 0 unspecified atom stereocenters. The number of aromatic nitrogens is 2. The Hall–Kier alpha value is -2.02. The average molecular weight is 344 g/mol. The van der Waals surface area contributed by atoms with Gasteiger partial charge in [-0.25, -0.2) is 4.98 Å². The number of carbonyl (C=O) groups is 2. The Kier molecular flexibility index (Phi) is 4.18. The highest BCUT2D eigenvalue weighted by molar-refractivity contribution is 8.13. The van der Waals surface area contributed by atoms with E-state index in [1.54, 1.807) is 4.90 Å². The first-order chi connectivity index (χ1) is 11.7. The highest BCUT2D eigenvalue weighted by Gasteiger charge is 2.29. The molecule has 126 valence electrons. The van der Waals surface area contributed by atoms with Gasteiger partial charge in [0.25, 0.3) is 5.24 Å². The number of amides is 2. The molecule has 0 atom stereocenters. The molecule has 6 nitrogen and oxygen atoms in total. The number of likely N-dealkylation sites (tertiary alicyclic amines) is 1. The molecule has 2 aromatic rings. The molecule has 1 aromatic carbocycles. The monoisotopic (exact) mass is 344 g/mol. The van der Waals surface area contributed by atoms with Crippen LogP contribution >= 0.6 is 11.8 Å². The summed E-state index contributed by atoms with van der Waals surface area (Å²) in [5.41, 5.74) is 2.06. The van der Waals surface area contributed by atoms with Crippen LogP contribution in [0, 0.1) is 0 Å². The van der Waals surface area contributed by atoms with E-state index in [1.165, 1.54) is 11.8 Å². The van der Waals surface area contributed by atoms with Crippen molar-refractivity contribution < 1.29 is 9.59 Å². The van der Waals surface area contributed by atoms with Crippen LogP contribution in [-0.2, 0) is 4.79 Å². The molecule has 2 fully saturated rings. The maximum absolute atomic E-state index is 12.4. The molecule has 0 saturated carbocycles. The first kappa shape index (κ1) is 15.5. The standard InChI is InChI=1S/C17H20N4O2S/c22-15(11-21-9-10-24-17(21)23)20-7-5-12(6-8-20)16-18-13-3-1-2-4-14(13)19-16/h1-4,12H,5-11H2,(H,18,19). The number of piperidine rings is 1. The van der Waals surface area contributed by atoms with E-state index in [0.717, 1.165) is 48.5 Å². The topological polar surface area (TPSA) is 69.3 Å². The smallest absolute Gasteiger partial charge is 0.282 e. The molecule has 24 heavy (non-hydrogen) atoms. The summed E-state index contributed by atoms with van der Waals surface area (Å²) in [4.78, 5) is 35.6. The normalized spacial score (nSPS) is 19.4. The van der Waals surface area contributed by atoms with Gasteiger partial charge in [-0.15, -0.1) is 0 Å². The third-order valence-corrected chi connectivity index (χ3v) is 5.70. The molecule has 2 aliphatic heterocycles. The van der Waals surface area contributed by atoms with E-state index in [2.05, 4.69) is 9.97 Å². The van der Waals surface area contributed by atoms with E-state index < -0.39 is 0 Å². The van der Waals surface area contributed by atoms with Gasteiger partial charge >= 0.3 is 0 Å². The van der Waals surface area contributed by atoms with Gasteiger partial charge in [0.2, 0.25) is 5.91 Å². The number of hydrogen-bond donors (Lipinski definition) is 1. The molecular formula is C17H20N4O2S. The average Bonchev–Trinajstić information content (AvgIpc) is 3.21. The predicted octanol–water partition coefficient (Wildman–Crippen LogP) is 2.44. The summed E-state index contributed by atoms with van der Waals surface area (Å²) < 4.78 is 0. The molecule has 2 saturated heterocycles. The van der Waals surface area contributed by atoms with Crippen LogP contribution in [0.25, 0.3) is 11.0 Å². The maximum Gasteiger partial charge on any atom is 0.282 e. The van der Waals surface area contributed by atoms with Crippen molar-refractivity contribution in [1.29, 1.82) is 0 Å². The second-order valence-electron chi connectivity index (χ2n) is 6.33. The van der Waals surface area contributed by atoms with Crippen LogP contribution in [0.1, 0.15) is 24.6 Å². The number of fused-ring (bicyclic) bond motifs is 1. The number of para-hydroxylation sites is 2. The van der Waals surface area contributed by atoms with Gasteiger partial charge in [0, 0.05) is 31.3 Å². The number of rotatable bonds is 3. The lowest BCUT2D eigenvalue weighted by Gasteiger charge is -2.32. The Balaban J connectivity index is 1.36. The summed E-state index contributed by atoms with van der Waals surface area (Å²) in [5.74, 6) is 2.24. The molecule has 4 rings (SSSR count). The van der Waals surface area contributed by atoms with Crippen molar-refractivity contribution in [3.63, 3.8) is 0 Å². The van der Waals surface area contributed by atoms with Crippen LogP contribution in [0.5, 0.6) is 0 Å². The molecule has 0 spiro atoms. The van der Waals surface area contributed by atoms with Crippen LogP contribution in [0.15, 0.2) is 24.3 Å². The molecule has 3 heterocycles. The number of H-pyrrole nitrogens is 1. The van der Waals surface area contributed by atoms with Crippen LogP contribution < -0.4 is 0 Å². The lowest BCUT2D eigenvalue weighted by molar-refractivity contribution is -0.132. The fourth-order valence-electron chi connectivity index (χ4n) is 3.40. The molecule has 2 amide bonds. The van der Waals surface area contributed by atoms with Gasteiger partial charge in [0.05, 0.1) is 11.0 Å². The second-order valence-corrected chi connectivity index (χ2v) is 7.38. The zero-order chi connectivity index (χ0) is 16.5. The highest BCUT2D eigenvalue weighted by Crippen LogP contribution is 2.28. The number of nitrogens with zero attached hydrogens (tertiary/aromatic N) is 3. The summed E-state index contributed by atoms with van der Waals surface area (Å²) in [7, 11) is 0. The van der Waals surface area contributed by atoms with Gasteiger partial charge in [-0.2, -0.15) is 0 Å². The fourth-order valence-corrected chi connectivity index (χ4v) is 4.23. The third-order valence-electron chi connectivity index (χ3n) is 4.81. The van der Waals surface area contributed by atoms with E-state index in [9.17, 15) is 9.59 Å². The second kappa shape index (κ2) is 6.47. The fraction of sp³-hybridized carbons (Fsp3) is 0.471. The van der Waals surface area contributed by atoms with E-state index in [-0.39, 0.29) is 17.7 Å². The van der Waals surface area contributed by atoms with Crippen LogP contribution in [0.3, 0.4) is 0 Å². The van der Waals surface area contributed by atoms with Gasteiger partial charge in [0.1, 0.15) is 12.4 Å². The number of hydrogen-bond acceptors (Lipinski definition) is 4. The molecule has 0 bridgehead atoms. The van der Waals surface area contributed by atoms with Crippen molar-refractivity contribution in [2.24, 2.45) is 0 Å². The molecular weight excluding hydrogens is 324 g/mol. The van der Waals surface area contributed by atoms with Crippen LogP contribution in [-0.4, -0.2) is 62.8 Å². The summed E-state index contributed by atoms with van der Waals surface area (Å²) in [5, 5.41) is 0.0283. The SMILES string of the molecule is O=C(CN1CCSC1=O)N1CCC(c2nc3ccccc3[nH]2)CC1. The summed E-state index contributed by atoms with van der Waals surface area (Å²) in [6.07, 6.45) is 1.82. The highest BCUT2D eigenvalue weighted by atomic mass is 32.2. The van der Waals surface area contributed by atoms with Gasteiger partial charge in [-0.1, -0.05) is 23.9 Å². The van der Waals surface area contributed by atoms with E-state index in [0.29, 0.717) is 12.5 Å². The Labute approximate surface area is 144 Å². The van der Waals surface area contributed by atoms with Gasteiger partial charge in [-0.05, 0) is 25.0 Å². The zero-order valence-electron chi connectivity index (χ0n) is 13.4. The lowest BCUT2D eigenvalue weighted by atomic mass is 9.96. The minimum absolute atomic E-state index is 0.0283. The third kappa shape index (κ3) is 3.00. The van der Waals surface area contributed by atoms with E-state index >= 15 is 0 Å². The molecule has 1 N–H and O–H groups in total. The van der Waals surface area contributed by atoms with Crippen molar-refractivity contribution in [3.8, 4) is 0 Å². The zero-order valence-corrected chi connectivity index (χ0v) is 14.2. The van der Waals surface area contributed by atoms with Gasteiger partial charge < -0.3 is 14.8 Å². The first-order valence-electron chi connectivity index (χ1n) is 8.35. The largest absolute Gasteiger partial charge is 0.342 e. The number of aromatic amines is 1. The Morgan fingerprint density at radius 1 is 1.25 bits per heavy atom. The van der Waals surface area contributed by atoms with Crippen molar-refractivity contribution in [2.75, 3.05) is 31.9 Å². The van der Waals surface area contributed by atoms with Gasteiger partial charge in [-0.3, -0.25) is 9.59 Å². The number of carbonyl (C=O) groups excluding carboxylic acids is 2. The van der Waals surface area contributed by atoms with E-state index in [1.807, 2.05) is 29.2 Å². The quantitative estimate of drug-likeness (QED) is 0.928. The Bertz CT molecular complexity index is 734. The summed E-state index contributed by atoms with van der Waals surface area (Å²) in [6, 6.07) is 8.05. The number of nitrogens with one attached hydrogen (secondary N) is 1. The molecule has 0 radical (unpaired) electrons. The maximum atomic E-state index is 12.4. The first-order valence-corrected chi connectivity index (χ1v) is 9.33. The van der Waals surface area contributed by atoms with Gasteiger partial charge in [0.15, 0.2) is 0 Å². The van der Waals surface area contributed by atoms with E-state index in [4.69, 9.17) is 0 Å².